The van der Waals surface area contributed by atoms with Crippen molar-refractivity contribution in [3.8, 4) is 0 Å². The van der Waals surface area contributed by atoms with E-state index < -0.39 is 193 Å². The van der Waals surface area contributed by atoms with Gasteiger partial charge in [-0.05, 0) is 112 Å². The predicted octanol–water partition coefficient (Wildman–Crippen LogP) is 6.99. The van der Waals surface area contributed by atoms with Crippen molar-refractivity contribution in [3.63, 3.8) is 0 Å². The number of alkyl halides is 5. The number of hydrogen-bond donors (Lipinski definition) is 3. The molecule has 0 aromatic heterocycles. The average Bonchev–Trinajstić information content (AvgIpc) is 1.56. The zero-order chi connectivity index (χ0) is 79.7. The lowest BCUT2D eigenvalue weighted by Crippen LogP contribution is -2.64. The molecule has 3 saturated heterocycles. The number of likely N-dealkylation sites (N-methyl/N-ethyl adjacent to an activating group) is 7. The maximum absolute atomic E-state index is 15.9. The number of amides is 12. The first-order chi connectivity index (χ1) is 50.9. The van der Waals surface area contributed by atoms with Crippen molar-refractivity contribution in [3.05, 3.63) is 34.3 Å². The summed E-state index contributed by atoms with van der Waals surface area (Å²) in [5, 5.41) is 7.98. The molecule has 31 heteroatoms. The van der Waals surface area contributed by atoms with Crippen molar-refractivity contribution in [1.82, 2.24) is 64.9 Å². The van der Waals surface area contributed by atoms with Crippen LogP contribution in [0.15, 0.2) is 18.2 Å². The smallest absolute Gasteiger partial charge is 0.343 e. The van der Waals surface area contributed by atoms with Crippen molar-refractivity contribution in [2.24, 2.45) is 23.7 Å². The lowest BCUT2D eigenvalue weighted by molar-refractivity contribution is -0.157. The van der Waals surface area contributed by atoms with Gasteiger partial charge in [0.05, 0.1) is 43.2 Å². The molecule has 1 aromatic carbocycles. The van der Waals surface area contributed by atoms with Crippen molar-refractivity contribution >= 4 is 82.5 Å². The largest absolute Gasteiger partial charge is 0.417 e. The number of aryl methyl sites for hydroxylation is 1. The second-order valence-corrected chi connectivity index (χ2v) is 32.4. The lowest BCUT2D eigenvalue weighted by Gasteiger charge is -2.43. The molecule has 108 heavy (non-hydrogen) atoms. The van der Waals surface area contributed by atoms with Gasteiger partial charge in [0.25, 0.3) is 5.92 Å². The highest BCUT2D eigenvalue weighted by atomic mass is 35.5. The molecule has 12 amide bonds. The van der Waals surface area contributed by atoms with E-state index in [0.29, 0.717) is 70.9 Å². The van der Waals surface area contributed by atoms with E-state index in [1.165, 1.54) is 75.0 Å². The Labute approximate surface area is 639 Å². The predicted molar refractivity (Wildman–Crippen MR) is 396 cm³/mol. The Morgan fingerprint density at radius 1 is 0.602 bits per heavy atom. The Morgan fingerprint density at radius 3 is 1.78 bits per heavy atom. The van der Waals surface area contributed by atoms with Crippen LogP contribution in [0.3, 0.4) is 0 Å². The molecule has 6 aliphatic rings. The highest BCUT2D eigenvalue weighted by Gasteiger charge is 2.50. The Balaban J connectivity index is 1.32. The number of halogens is 6. The maximum Gasteiger partial charge on any atom is 0.417 e. The number of rotatable bonds is 14. The summed E-state index contributed by atoms with van der Waals surface area (Å²) in [6.07, 6.45) is 4.44. The van der Waals surface area contributed by atoms with Gasteiger partial charge < -0.3 is 64.9 Å². The van der Waals surface area contributed by atoms with E-state index in [1.807, 2.05) is 20.8 Å². The van der Waals surface area contributed by atoms with Gasteiger partial charge in [0.1, 0.15) is 41.8 Å². The third-order valence-corrected chi connectivity index (χ3v) is 23.8. The highest BCUT2D eigenvalue weighted by molar-refractivity contribution is 6.31. The third kappa shape index (κ3) is 23.7. The second kappa shape index (κ2) is 39.6. The van der Waals surface area contributed by atoms with Crippen molar-refractivity contribution < 1.29 is 79.5 Å². The van der Waals surface area contributed by atoms with Crippen molar-refractivity contribution in [1.29, 1.82) is 0 Å². The zero-order valence-electron chi connectivity index (χ0n) is 65.4. The van der Waals surface area contributed by atoms with Crippen LogP contribution < -0.4 is 16.0 Å². The topological polar surface area (TPSA) is 273 Å². The first-order valence-electron chi connectivity index (χ1n) is 39.1. The van der Waals surface area contributed by atoms with Gasteiger partial charge in [0.2, 0.25) is 70.9 Å². The number of carbonyl (C=O) groups is 12. The van der Waals surface area contributed by atoms with E-state index in [-0.39, 0.29) is 82.1 Å². The molecule has 3 N–H and O–H groups in total. The number of piperidine rings is 2. The van der Waals surface area contributed by atoms with Crippen LogP contribution in [0.2, 0.25) is 5.02 Å². The summed E-state index contributed by atoms with van der Waals surface area (Å²) in [7, 11) is 9.82. The summed E-state index contributed by atoms with van der Waals surface area (Å²) in [4.78, 5) is 194. The lowest BCUT2D eigenvalue weighted by atomic mass is 9.81. The summed E-state index contributed by atoms with van der Waals surface area (Å²) in [5.41, 5.74) is -2.57. The second-order valence-electron chi connectivity index (χ2n) is 32.0. The van der Waals surface area contributed by atoms with Gasteiger partial charge in [0.15, 0.2) is 0 Å². The average molecular weight is 1550 g/mol. The molecule has 1 spiro atoms. The van der Waals surface area contributed by atoms with Crippen LogP contribution in [-0.2, 0) is 70.1 Å². The van der Waals surface area contributed by atoms with Crippen LogP contribution in [0.25, 0.3) is 0 Å². The normalized spacial score (nSPS) is 26.2. The number of nitrogens with zero attached hydrogens (tertiary/aromatic N) is 10. The molecular formula is C77H119ClF5N13O12. The summed E-state index contributed by atoms with van der Waals surface area (Å²) in [6, 6.07) is -4.88. The molecule has 3 aliphatic carbocycles. The molecular weight excluding hydrogens is 1430 g/mol. The molecule has 1 aromatic rings. The molecule has 3 heterocycles. The third-order valence-electron chi connectivity index (χ3n) is 23.4. The first kappa shape index (κ1) is 88.0. The van der Waals surface area contributed by atoms with E-state index in [4.69, 9.17) is 11.6 Å². The monoisotopic (exact) mass is 1550 g/mol. The van der Waals surface area contributed by atoms with E-state index >= 15 is 28.8 Å². The fourth-order valence-corrected chi connectivity index (χ4v) is 16.7. The van der Waals surface area contributed by atoms with Gasteiger partial charge in [-0.15, -0.1) is 0 Å². The molecule has 7 rings (SSSR count). The quantitative estimate of drug-likeness (QED) is 0.159. The summed E-state index contributed by atoms with van der Waals surface area (Å²) in [5.74, 6) is -12.6. The van der Waals surface area contributed by atoms with Crippen LogP contribution in [0.5, 0.6) is 0 Å². The van der Waals surface area contributed by atoms with Gasteiger partial charge in [-0.3, -0.25) is 57.5 Å². The van der Waals surface area contributed by atoms with Crippen molar-refractivity contribution in [2.45, 2.75) is 242 Å². The Kier molecular flexibility index (Phi) is 32.3. The molecule has 25 nitrogen and oxygen atoms in total. The number of nitrogens with one attached hydrogen (secondary N) is 3. The van der Waals surface area contributed by atoms with Gasteiger partial charge in [-0.2, -0.15) is 13.2 Å². The summed E-state index contributed by atoms with van der Waals surface area (Å²) < 4.78 is 71.3. The number of benzene rings is 1. The first-order valence-corrected chi connectivity index (χ1v) is 39.5. The van der Waals surface area contributed by atoms with E-state index in [9.17, 15) is 50.7 Å². The fraction of sp³-hybridized carbons (Fsp3) is 0.766. The van der Waals surface area contributed by atoms with E-state index in [0.717, 1.165) is 76.7 Å². The Hall–Kier alpha value is -7.24. The summed E-state index contributed by atoms with van der Waals surface area (Å²) >= 11 is 6.20. The molecule has 3 aliphatic heterocycles. The molecule has 6 fully saturated rings. The Morgan fingerprint density at radius 2 is 1.19 bits per heavy atom. The molecule has 0 bridgehead atoms. The van der Waals surface area contributed by atoms with Crippen LogP contribution in [-0.4, -0.2) is 282 Å². The van der Waals surface area contributed by atoms with E-state index in [1.54, 1.807) is 16.7 Å². The van der Waals surface area contributed by atoms with Crippen LogP contribution in [0.1, 0.15) is 193 Å². The SMILES string of the molecule is CC[C@H](C)[C@@H]1NC(=O)[C@H](CC(C)C)N(C)C(=O)C[C@@H](C(=O)N2CCCCC2)N(C)C(=O)[C@H](C2CCCCC2)N(C)C(=O)C2(CCCC2)NC(=O)CN(CCN2CCC(F)(F)CC2)C(=O)[C@H](CCc2ccc(C(F)(F)F)c(Cl)c2)NC(=O)CN(C)C(=O)[C@H](CC2CCCCC2)N(C)C(=O)CN(C)C(=O)CN(C)C1=O. The maximum atomic E-state index is 15.9. The zero-order valence-corrected chi connectivity index (χ0v) is 66.1. The highest BCUT2D eigenvalue weighted by Crippen LogP contribution is 2.38. The molecule has 0 radical (unpaired) electrons. The fourth-order valence-electron chi connectivity index (χ4n) is 16.4. The number of hydrogen-bond acceptors (Lipinski definition) is 13. The molecule has 0 unspecified atom stereocenters. The number of carbonyl (C=O) groups excluding carboxylic acids is 12. The summed E-state index contributed by atoms with van der Waals surface area (Å²) in [6.45, 7) is 4.89. The van der Waals surface area contributed by atoms with Crippen LogP contribution in [0.4, 0.5) is 22.0 Å². The van der Waals surface area contributed by atoms with E-state index in [2.05, 4.69) is 16.0 Å². The van der Waals surface area contributed by atoms with Crippen LogP contribution >= 0.6 is 11.6 Å². The molecule has 3 saturated carbocycles. The van der Waals surface area contributed by atoms with Gasteiger partial charge in [-0.1, -0.05) is 116 Å². The standard InChI is InChI=1S/C77H119ClF5N13O12/c1-12-51(4)66-72(106)89(7)48-64(100)87(5)49-65(101)91(9)59(44-52-24-16-13-17-25-52)70(104)88(6)46-61(97)84-57(31-29-53-28-30-55(56(78)43-53)77(81,82)83)69(103)96(41-40-94-38-34-76(79,80)35-39-94)47-62(98)86-75(32-20-21-33-75)74(108)93(11)67(54-26-18-14-19-27-54)73(107)92(10)60(71(105)95-36-22-15-23-37-95)45-63(99)90(8)58(42-50(2)3)68(102)85-66/h28,30,43,50-52,54,57-60,66-67H,12-27,29,31-42,44-49H2,1-11H3,(H,84,97)(H,85,102)(H,86,98)/t51-,57-,58-,59-,60-,66-,67-/m0/s1. The minimum absolute atomic E-state index is 0.0274. The molecule has 606 valence electrons. The minimum Gasteiger partial charge on any atom is -0.343 e. The van der Waals surface area contributed by atoms with Gasteiger partial charge in [-0.25, -0.2) is 8.78 Å². The van der Waals surface area contributed by atoms with Crippen molar-refractivity contribution in [2.75, 3.05) is 115 Å². The van der Waals surface area contributed by atoms with Crippen LogP contribution in [0, 0.1) is 23.7 Å². The van der Waals surface area contributed by atoms with Gasteiger partial charge in [0, 0.05) is 101 Å². The number of likely N-dealkylation sites (tertiary alicyclic amines) is 2. The molecule has 7 atom stereocenters. The minimum atomic E-state index is -4.81. The Bertz CT molecular complexity index is 3320. The van der Waals surface area contributed by atoms with Gasteiger partial charge >= 0.3 is 6.18 Å².